The highest BCUT2D eigenvalue weighted by Gasteiger charge is 2.19. The average molecular weight is 511 g/mol. The van der Waals surface area contributed by atoms with Gasteiger partial charge in [0, 0.05) is 18.3 Å². The van der Waals surface area contributed by atoms with E-state index in [0.29, 0.717) is 32.0 Å². The second-order valence-corrected chi connectivity index (χ2v) is 9.78. The van der Waals surface area contributed by atoms with Gasteiger partial charge in [0.1, 0.15) is 23.2 Å². The first-order chi connectivity index (χ1) is 17.1. The van der Waals surface area contributed by atoms with Gasteiger partial charge in [0.05, 0.1) is 27.6 Å². The Balaban J connectivity index is 1.40. The molecule has 9 nitrogen and oxygen atoms in total. The van der Waals surface area contributed by atoms with Gasteiger partial charge in [0.15, 0.2) is 0 Å². The van der Waals surface area contributed by atoms with E-state index < -0.39 is 0 Å². The molecule has 35 heavy (non-hydrogen) atoms. The molecule has 4 heterocycles. The molecule has 5 rings (SSSR count). The molecule has 1 aromatic carbocycles. The SMILES string of the molecule is O=C(NCc1cn(-c2ccc(-n3ccccc3=O)cc2OC2CCNCC2)nn1)c1ccc(Cl)s1. The highest BCUT2D eigenvalue weighted by Crippen LogP contribution is 2.28. The lowest BCUT2D eigenvalue weighted by Crippen LogP contribution is -2.34. The summed E-state index contributed by atoms with van der Waals surface area (Å²) < 4.78 is 10.1. The summed E-state index contributed by atoms with van der Waals surface area (Å²) in [6.45, 7) is 2.00. The molecular formula is C24H23ClN6O3S. The van der Waals surface area contributed by atoms with Gasteiger partial charge < -0.3 is 15.4 Å². The van der Waals surface area contributed by atoms with Crippen LogP contribution in [-0.2, 0) is 6.54 Å². The number of pyridine rings is 1. The highest BCUT2D eigenvalue weighted by molar-refractivity contribution is 7.17. The van der Waals surface area contributed by atoms with E-state index >= 15 is 0 Å². The average Bonchev–Trinajstić information content (AvgIpc) is 3.53. The maximum Gasteiger partial charge on any atom is 0.261 e. The molecule has 0 unspecified atom stereocenters. The summed E-state index contributed by atoms with van der Waals surface area (Å²) in [5.74, 6) is 0.392. The third-order valence-electron chi connectivity index (χ3n) is 5.64. The molecule has 0 bridgehead atoms. The lowest BCUT2D eigenvalue weighted by molar-refractivity contribution is 0.0954. The quantitative estimate of drug-likeness (QED) is 0.396. The fourth-order valence-corrected chi connectivity index (χ4v) is 4.82. The van der Waals surface area contributed by atoms with Crippen LogP contribution in [0.4, 0.5) is 0 Å². The Labute approximate surface area is 210 Å². The minimum atomic E-state index is -0.218. The van der Waals surface area contributed by atoms with E-state index in [0.717, 1.165) is 25.9 Å². The molecule has 0 aliphatic carbocycles. The fraction of sp³-hybridized carbons (Fsp3) is 0.250. The summed E-state index contributed by atoms with van der Waals surface area (Å²) in [6.07, 6.45) is 5.30. The molecule has 1 amide bonds. The second-order valence-electron chi connectivity index (χ2n) is 8.07. The number of halogens is 1. The van der Waals surface area contributed by atoms with Crippen LogP contribution in [0.25, 0.3) is 11.4 Å². The van der Waals surface area contributed by atoms with Gasteiger partial charge in [-0.2, -0.15) is 0 Å². The van der Waals surface area contributed by atoms with Crippen molar-refractivity contribution in [2.45, 2.75) is 25.5 Å². The predicted octanol–water partition coefficient (Wildman–Crippen LogP) is 3.19. The standard InChI is InChI=1S/C24H23ClN6O3S/c25-22-7-6-21(35-22)24(33)27-14-16-15-31(29-28-16)19-5-4-17(30-12-2-1-3-23(30)32)13-20(19)34-18-8-10-26-11-9-18/h1-7,12-13,15,18,26H,8-11,14H2,(H,27,33). The van der Waals surface area contributed by atoms with Crippen molar-refractivity contribution in [2.24, 2.45) is 0 Å². The number of aromatic nitrogens is 4. The van der Waals surface area contributed by atoms with Gasteiger partial charge in [0.2, 0.25) is 0 Å². The Bertz CT molecular complexity index is 1390. The van der Waals surface area contributed by atoms with Gasteiger partial charge in [-0.25, -0.2) is 4.68 Å². The van der Waals surface area contributed by atoms with E-state index in [4.69, 9.17) is 16.3 Å². The summed E-state index contributed by atoms with van der Waals surface area (Å²) in [6, 6.07) is 14.0. The molecule has 1 fully saturated rings. The normalized spacial score (nSPS) is 14.1. The van der Waals surface area contributed by atoms with Gasteiger partial charge in [-0.15, -0.1) is 16.4 Å². The largest absolute Gasteiger partial charge is 0.488 e. The van der Waals surface area contributed by atoms with Crippen LogP contribution in [-0.4, -0.2) is 44.7 Å². The zero-order valence-electron chi connectivity index (χ0n) is 18.7. The minimum Gasteiger partial charge on any atom is -0.488 e. The number of nitrogens with zero attached hydrogens (tertiary/aromatic N) is 4. The Morgan fingerprint density at radius 2 is 2.06 bits per heavy atom. The monoisotopic (exact) mass is 510 g/mol. The lowest BCUT2D eigenvalue weighted by Gasteiger charge is -2.25. The van der Waals surface area contributed by atoms with Crippen molar-refractivity contribution >= 4 is 28.8 Å². The summed E-state index contributed by atoms with van der Waals surface area (Å²) in [7, 11) is 0. The van der Waals surface area contributed by atoms with Crippen LogP contribution < -0.4 is 20.9 Å². The first-order valence-corrected chi connectivity index (χ1v) is 12.4. The van der Waals surface area contributed by atoms with Gasteiger partial charge in [0.25, 0.3) is 11.5 Å². The zero-order chi connectivity index (χ0) is 24.2. The first-order valence-electron chi connectivity index (χ1n) is 11.2. The van der Waals surface area contributed by atoms with Crippen molar-refractivity contribution < 1.29 is 9.53 Å². The molecule has 11 heteroatoms. The number of nitrogens with one attached hydrogen (secondary N) is 2. The van der Waals surface area contributed by atoms with Crippen LogP contribution >= 0.6 is 22.9 Å². The van der Waals surface area contributed by atoms with E-state index in [1.165, 1.54) is 17.4 Å². The van der Waals surface area contributed by atoms with E-state index in [-0.39, 0.29) is 24.1 Å². The highest BCUT2D eigenvalue weighted by atomic mass is 35.5. The molecular weight excluding hydrogens is 488 g/mol. The Hall–Kier alpha value is -3.47. The van der Waals surface area contributed by atoms with Crippen molar-refractivity contribution in [2.75, 3.05) is 13.1 Å². The van der Waals surface area contributed by atoms with Crippen LogP contribution in [0.5, 0.6) is 5.75 Å². The third-order valence-corrected chi connectivity index (χ3v) is 6.87. The number of rotatable bonds is 7. The van der Waals surface area contributed by atoms with Gasteiger partial charge in [-0.05, 0) is 56.3 Å². The zero-order valence-corrected chi connectivity index (χ0v) is 20.3. The number of piperidine rings is 1. The Morgan fingerprint density at radius 1 is 1.20 bits per heavy atom. The van der Waals surface area contributed by atoms with E-state index in [9.17, 15) is 9.59 Å². The van der Waals surface area contributed by atoms with Crippen LogP contribution in [0.1, 0.15) is 28.2 Å². The number of amides is 1. The Morgan fingerprint density at radius 3 is 2.83 bits per heavy atom. The fourth-order valence-electron chi connectivity index (χ4n) is 3.86. The number of thiophene rings is 1. The number of carbonyl (C=O) groups is 1. The smallest absolute Gasteiger partial charge is 0.261 e. The molecule has 0 spiro atoms. The summed E-state index contributed by atoms with van der Waals surface area (Å²) in [5.41, 5.74) is 1.87. The maximum atomic E-state index is 12.4. The maximum absolute atomic E-state index is 12.4. The molecule has 3 aromatic heterocycles. The summed E-state index contributed by atoms with van der Waals surface area (Å²) in [5, 5.41) is 14.6. The van der Waals surface area contributed by atoms with Crippen LogP contribution in [0.15, 0.2) is 65.7 Å². The predicted molar refractivity (Wildman–Crippen MR) is 134 cm³/mol. The second kappa shape index (κ2) is 10.4. The van der Waals surface area contributed by atoms with Crippen molar-refractivity contribution in [1.82, 2.24) is 30.2 Å². The molecule has 1 aliphatic rings. The molecule has 1 saturated heterocycles. The topological polar surface area (TPSA) is 103 Å². The van der Waals surface area contributed by atoms with Gasteiger partial charge >= 0.3 is 0 Å². The summed E-state index contributed by atoms with van der Waals surface area (Å²) >= 11 is 7.13. The number of ether oxygens (including phenoxy) is 1. The number of hydrogen-bond acceptors (Lipinski definition) is 7. The number of benzene rings is 1. The molecule has 4 aromatic rings. The summed E-state index contributed by atoms with van der Waals surface area (Å²) in [4.78, 5) is 25.2. The number of hydrogen-bond donors (Lipinski definition) is 2. The Kier molecular flexibility index (Phi) is 6.94. The van der Waals surface area contributed by atoms with Crippen LogP contribution in [0.2, 0.25) is 4.34 Å². The van der Waals surface area contributed by atoms with E-state index in [2.05, 4.69) is 20.9 Å². The molecule has 180 valence electrons. The van der Waals surface area contributed by atoms with Gasteiger partial charge in [-0.3, -0.25) is 14.2 Å². The van der Waals surface area contributed by atoms with Crippen molar-refractivity contribution in [3.63, 3.8) is 0 Å². The van der Waals surface area contributed by atoms with Crippen molar-refractivity contribution in [1.29, 1.82) is 0 Å². The molecule has 0 atom stereocenters. The van der Waals surface area contributed by atoms with Crippen LogP contribution in [0.3, 0.4) is 0 Å². The molecule has 1 aliphatic heterocycles. The lowest BCUT2D eigenvalue weighted by atomic mass is 10.1. The van der Waals surface area contributed by atoms with E-state index in [1.54, 1.807) is 39.8 Å². The first kappa shape index (κ1) is 23.3. The molecule has 2 N–H and O–H groups in total. The van der Waals surface area contributed by atoms with Gasteiger partial charge in [-0.1, -0.05) is 22.9 Å². The van der Waals surface area contributed by atoms with E-state index in [1.807, 2.05) is 24.3 Å². The molecule has 0 saturated carbocycles. The number of carbonyl (C=O) groups excluding carboxylic acids is 1. The van der Waals surface area contributed by atoms with Crippen LogP contribution in [0, 0.1) is 0 Å². The molecule has 0 radical (unpaired) electrons. The van der Waals surface area contributed by atoms with Crippen molar-refractivity contribution in [3.05, 3.63) is 86.2 Å². The van der Waals surface area contributed by atoms with Crippen molar-refractivity contribution in [3.8, 4) is 17.1 Å². The third kappa shape index (κ3) is 5.45. The minimum absolute atomic E-state index is 0.0534.